The van der Waals surface area contributed by atoms with E-state index >= 15 is 0 Å². The molecule has 0 atom stereocenters. The van der Waals surface area contributed by atoms with E-state index in [4.69, 9.17) is 0 Å². The quantitative estimate of drug-likeness (QED) is 0.445. The number of hydrogen-bond acceptors (Lipinski definition) is 0. The van der Waals surface area contributed by atoms with E-state index in [1.165, 1.54) is 0 Å². The molecule has 1 radical (unpaired) electrons. The van der Waals surface area contributed by atoms with Crippen molar-refractivity contribution in [3.63, 3.8) is 0 Å². The molecule has 0 fully saturated rings. The first-order valence-corrected chi connectivity index (χ1v) is 4.41. The van der Waals surface area contributed by atoms with Gasteiger partial charge in [0.05, 0.1) is 27.7 Å². The molecule has 0 aliphatic heterocycles. The summed E-state index contributed by atoms with van der Waals surface area (Å²) in [5.41, 5.74) is 0. The van der Waals surface area contributed by atoms with Crippen LogP contribution in [0.25, 0.3) is 0 Å². The maximum absolute atomic E-state index is 3.25. The van der Waals surface area contributed by atoms with Crippen LogP contribution in [0.4, 0.5) is 0 Å². The van der Waals surface area contributed by atoms with Crippen LogP contribution in [0, 0.1) is 28.7 Å². The van der Waals surface area contributed by atoms with Gasteiger partial charge in [-0.1, -0.05) is 49.0 Å². The SMILES string of the molecule is C.CC.CC.CC.[CH2+]C.[CH2+]C.[CH3+].[CH3+].[Co]. The Balaban J connectivity index is -0.00000000298. The first kappa shape index (κ1) is 94.9. The molecule has 0 aromatic rings. The van der Waals surface area contributed by atoms with Crippen molar-refractivity contribution in [3.8, 4) is 0 Å². The van der Waals surface area contributed by atoms with Gasteiger partial charge in [0.1, 0.15) is 0 Å². The van der Waals surface area contributed by atoms with E-state index in [0.717, 1.165) is 0 Å². The predicted molar refractivity (Wildman–Crippen MR) is 75.7 cm³/mol. The van der Waals surface area contributed by atoms with Gasteiger partial charge in [0.2, 0.25) is 0 Å². The molecule has 0 amide bonds. The van der Waals surface area contributed by atoms with Crippen LogP contribution in [-0.2, 0) is 16.8 Å². The smallest absolute Gasteiger partial charge is 0.0746 e. The van der Waals surface area contributed by atoms with Gasteiger partial charge in [0, 0.05) is 31.6 Å². The molecular weight excluding hydrogens is 215 g/mol. The Kier molecular flexibility index (Phi) is 69300000. The fraction of sp³-hybridized carbons (Fsp3) is 0.692. The second kappa shape index (κ2) is 10200000. The van der Waals surface area contributed by atoms with E-state index in [2.05, 4.69) is 13.8 Å². The van der Waals surface area contributed by atoms with E-state index < -0.39 is 0 Å². The third-order valence-electron chi connectivity index (χ3n) is 0. The van der Waals surface area contributed by atoms with Gasteiger partial charge in [0.15, 0.2) is 0 Å². The summed E-state index contributed by atoms with van der Waals surface area (Å²) in [6.07, 6.45) is 0. The van der Waals surface area contributed by atoms with Gasteiger partial charge in [-0.15, -0.1) is 0 Å². The molecule has 0 spiro atoms. The van der Waals surface area contributed by atoms with E-state index in [-0.39, 0.29) is 39.1 Å². The van der Waals surface area contributed by atoms with Crippen LogP contribution in [0.2, 0.25) is 0 Å². The van der Waals surface area contributed by atoms with E-state index in [9.17, 15) is 0 Å². The normalized spacial score (nSPS) is 2.00. The average Bonchev–Trinajstić information content (AvgIpc) is 2.20. The van der Waals surface area contributed by atoms with Crippen LogP contribution in [0.15, 0.2) is 0 Å². The van der Waals surface area contributed by atoms with Gasteiger partial charge in [-0.2, -0.15) is 0 Å². The van der Waals surface area contributed by atoms with Crippen LogP contribution in [0.5, 0.6) is 0 Å². The molecule has 0 rings (SSSR count). The van der Waals surface area contributed by atoms with Gasteiger partial charge < -0.3 is 0 Å². The summed E-state index contributed by atoms with van der Waals surface area (Å²) in [4.78, 5) is 0. The van der Waals surface area contributed by atoms with Crippen molar-refractivity contribution in [1.82, 2.24) is 0 Å². The monoisotopic (exact) mass is 253 g/mol. The minimum absolute atomic E-state index is 0. The van der Waals surface area contributed by atoms with Crippen molar-refractivity contribution in [2.75, 3.05) is 0 Å². The summed E-state index contributed by atoms with van der Waals surface area (Å²) in [5.74, 6) is 0. The van der Waals surface area contributed by atoms with Crippen molar-refractivity contribution in [2.24, 2.45) is 0 Å². The Hall–Kier alpha value is -0.0135. The minimum atomic E-state index is 0. The first-order chi connectivity index (χ1) is 5.00. The topological polar surface area (TPSA) is 0 Å². The van der Waals surface area contributed by atoms with Gasteiger partial charge in [-0.25, -0.2) is 0 Å². The van der Waals surface area contributed by atoms with Gasteiger partial charge in [0.25, 0.3) is 0 Å². The van der Waals surface area contributed by atoms with Crippen molar-refractivity contribution in [2.45, 2.75) is 62.8 Å². The zero-order valence-electron chi connectivity index (χ0n) is 11.7. The molecule has 1 heteroatoms. The maximum Gasteiger partial charge on any atom is 0.0746 e. The minimum Gasteiger partial charge on any atom is -0.0776 e. The Labute approximate surface area is 108 Å². The standard InChI is InChI=1S/3C2H6.2C2H5.CH4.2CH3.Co/c5*1-2;;;;/h3*1-2H3;2*1H2,2H3;1H4;2*1H3;/q;;;2*+1;;2*+1;. The third-order valence-corrected chi connectivity index (χ3v) is 0. The average molecular weight is 253 g/mol. The summed E-state index contributed by atoms with van der Waals surface area (Å²) in [6, 6.07) is 0. The van der Waals surface area contributed by atoms with Crippen LogP contribution in [0.1, 0.15) is 62.8 Å². The zero-order valence-corrected chi connectivity index (χ0v) is 12.8. The molecule has 0 aliphatic rings. The Morgan fingerprint density at radius 1 is 0.500 bits per heavy atom. The van der Waals surface area contributed by atoms with Crippen molar-refractivity contribution < 1.29 is 16.8 Å². The molecule has 0 heterocycles. The van der Waals surface area contributed by atoms with Crippen molar-refractivity contribution in [3.05, 3.63) is 28.7 Å². The Bertz CT molecular complexity index is 5.20. The molecule has 0 saturated heterocycles. The summed E-state index contributed by atoms with van der Waals surface area (Å²) < 4.78 is 0. The van der Waals surface area contributed by atoms with Gasteiger partial charge >= 0.3 is 0 Å². The summed E-state index contributed by atoms with van der Waals surface area (Å²) >= 11 is 0. The van der Waals surface area contributed by atoms with Crippen molar-refractivity contribution in [1.29, 1.82) is 0 Å². The molecule has 0 aromatic heterocycles. The molecule has 95 valence electrons. The molecule has 0 unspecified atom stereocenters. The fourth-order valence-electron chi connectivity index (χ4n) is 0. The molecule has 0 nitrogen and oxygen atoms in total. The fourth-order valence-corrected chi connectivity index (χ4v) is 0. The number of rotatable bonds is 0. The molecule has 0 N–H and O–H groups in total. The molecule has 0 aromatic carbocycles. The largest absolute Gasteiger partial charge is 0.0776 e. The van der Waals surface area contributed by atoms with Crippen LogP contribution < -0.4 is 0 Å². The van der Waals surface area contributed by atoms with Gasteiger partial charge in [-0.05, 0) is 0 Å². The summed E-state index contributed by atoms with van der Waals surface area (Å²) in [6.45, 7) is 22.0. The molecule has 0 aliphatic carbocycles. The number of hydrogen-bond donors (Lipinski definition) is 0. The molecule has 0 saturated carbocycles. The molecule has 14 heavy (non-hydrogen) atoms. The Morgan fingerprint density at radius 2 is 0.500 bits per heavy atom. The second-order valence-electron chi connectivity index (χ2n) is 0. The first-order valence-electron chi connectivity index (χ1n) is 4.41. The second-order valence-corrected chi connectivity index (χ2v) is 0. The van der Waals surface area contributed by atoms with Crippen LogP contribution >= 0.6 is 0 Å². The van der Waals surface area contributed by atoms with Crippen LogP contribution in [0.3, 0.4) is 0 Å². The molecule has 0 bridgehead atoms. The van der Waals surface area contributed by atoms with E-state index in [0.29, 0.717) is 0 Å². The molecular formula is C13H38Co+4. The van der Waals surface area contributed by atoms with Crippen LogP contribution in [-0.4, -0.2) is 0 Å². The zero-order chi connectivity index (χ0) is 10.0. The van der Waals surface area contributed by atoms with Gasteiger partial charge in [-0.3, -0.25) is 0 Å². The van der Waals surface area contributed by atoms with E-state index in [1.54, 1.807) is 13.8 Å². The third kappa shape index (κ3) is 7930000. The maximum atomic E-state index is 3.25. The predicted octanol–water partition coefficient (Wildman–Crippen LogP) is 6.29. The van der Waals surface area contributed by atoms with E-state index in [1.807, 2.05) is 41.5 Å². The summed E-state index contributed by atoms with van der Waals surface area (Å²) in [5, 5.41) is 0. The van der Waals surface area contributed by atoms with Crippen molar-refractivity contribution >= 4 is 0 Å². The Morgan fingerprint density at radius 3 is 0.500 bits per heavy atom. The summed E-state index contributed by atoms with van der Waals surface area (Å²) in [7, 11) is 0.